The van der Waals surface area contributed by atoms with Crippen LogP contribution in [0.1, 0.15) is 40.6 Å². The quantitative estimate of drug-likeness (QED) is 0.343. The first-order valence-corrected chi connectivity index (χ1v) is 12.5. The van der Waals surface area contributed by atoms with E-state index in [4.69, 9.17) is 0 Å². The molecule has 3 aliphatic carbocycles. The lowest BCUT2D eigenvalue weighted by Gasteiger charge is -2.21. The molecule has 3 aromatic carbocycles. The first-order chi connectivity index (χ1) is 16.9. The van der Waals surface area contributed by atoms with Crippen molar-refractivity contribution in [2.45, 2.75) is 37.3 Å². The van der Waals surface area contributed by atoms with Crippen molar-refractivity contribution in [3.05, 3.63) is 119 Å². The average molecular weight is 439 g/mol. The molecule has 4 aliphatic rings. The molecule has 0 spiro atoms. The van der Waals surface area contributed by atoms with Crippen LogP contribution < -0.4 is 5.32 Å². The summed E-state index contributed by atoms with van der Waals surface area (Å²) >= 11 is 0. The molecule has 0 fully saturated rings. The summed E-state index contributed by atoms with van der Waals surface area (Å²) in [6.45, 7) is 0. The molecule has 3 atom stereocenters. The van der Waals surface area contributed by atoms with Gasteiger partial charge in [0.25, 0.3) is 0 Å². The molecule has 8 rings (SSSR count). The van der Waals surface area contributed by atoms with Crippen LogP contribution in [0.4, 0.5) is 5.69 Å². The van der Waals surface area contributed by atoms with Crippen LogP contribution >= 0.6 is 0 Å². The van der Waals surface area contributed by atoms with E-state index >= 15 is 0 Å². The smallest absolute Gasteiger partial charge is 0.0560 e. The summed E-state index contributed by atoms with van der Waals surface area (Å²) in [6.07, 6.45) is 19.5. The number of allylic oxidation sites excluding steroid dienone is 6. The third-order valence-electron chi connectivity index (χ3n) is 8.30. The van der Waals surface area contributed by atoms with Crippen LogP contribution in [0.3, 0.4) is 0 Å². The van der Waals surface area contributed by atoms with Crippen molar-refractivity contribution in [3.8, 4) is 0 Å². The lowest BCUT2D eigenvalue weighted by atomic mass is 9.86. The summed E-state index contributed by atoms with van der Waals surface area (Å²) in [7, 11) is 0. The molecule has 34 heavy (non-hydrogen) atoms. The minimum Gasteiger partial charge on any atom is -0.377 e. The van der Waals surface area contributed by atoms with Crippen LogP contribution in [0.15, 0.2) is 97.1 Å². The van der Waals surface area contributed by atoms with Crippen molar-refractivity contribution in [3.63, 3.8) is 0 Å². The van der Waals surface area contributed by atoms with Gasteiger partial charge in [-0.3, -0.25) is 0 Å². The Bertz CT molecular complexity index is 1610. The number of hydrogen-bond donors (Lipinski definition) is 1. The van der Waals surface area contributed by atoms with E-state index in [1.54, 1.807) is 0 Å². The van der Waals surface area contributed by atoms with Gasteiger partial charge < -0.3 is 9.88 Å². The molecule has 1 aliphatic heterocycles. The van der Waals surface area contributed by atoms with Crippen molar-refractivity contribution in [2.24, 2.45) is 0 Å². The maximum Gasteiger partial charge on any atom is 0.0560 e. The fraction of sp³-hybridized carbons (Fsp3) is 0.188. The van der Waals surface area contributed by atoms with E-state index in [-0.39, 0.29) is 0 Å². The van der Waals surface area contributed by atoms with Gasteiger partial charge in [0.05, 0.1) is 17.6 Å². The molecule has 2 heteroatoms. The highest BCUT2D eigenvalue weighted by Gasteiger charge is 2.35. The molecule has 0 saturated carbocycles. The highest BCUT2D eigenvalue weighted by Crippen LogP contribution is 2.50. The van der Waals surface area contributed by atoms with Gasteiger partial charge >= 0.3 is 0 Å². The van der Waals surface area contributed by atoms with Crippen LogP contribution in [-0.2, 0) is 12.8 Å². The van der Waals surface area contributed by atoms with Crippen LogP contribution in [0, 0.1) is 0 Å². The summed E-state index contributed by atoms with van der Waals surface area (Å²) < 4.78 is 2.63. The van der Waals surface area contributed by atoms with Gasteiger partial charge in [-0.1, -0.05) is 85.0 Å². The van der Waals surface area contributed by atoms with E-state index in [1.807, 2.05) is 0 Å². The van der Waals surface area contributed by atoms with Gasteiger partial charge in [-0.05, 0) is 59.2 Å². The number of aromatic nitrogens is 1. The fourth-order valence-corrected chi connectivity index (χ4v) is 6.78. The highest BCUT2D eigenvalue weighted by molar-refractivity contribution is 6.14. The molecule has 1 aromatic heterocycles. The Kier molecular flexibility index (Phi) is 3.76. The number of rotatable bonds is 2. The molecule has 0 saturated heterocycles. The highest BCUT2D eigenvalue weighted by atomic mass is 15.0. The van der Waals surface area contributed by atoms with E-state index in [9.17, 15) is 0 Å². The van der Waals surface area contributed by atoms with Gasteiger partial charge in [-0.15, -0.1) is 0 Å². The van der Waals surface area contributed by atoms with E-state index in [1.165, 1.54) is 55.3 Å². The van der Waals surface area contributed by atoms with Crippen LogP contribution in [-0.4, -0.2) is 10.6 Å². The largest absolute Gasteiger partial charge is 0.377 e. The third kappa shape index (κ3) is 2.46. The number of anilines is 1. The maximum absolute atomic E-state index is 3.88. The summed E-state index contributed by atoms with van der Waals surface area (Å²) in [4.78, 5) is 0. The van der Waals surface area contributed by atoms with Crippen molar-refractivity contribution in [2.75, 3.05) is 5.32 Å². The van der Waals surface area contributed by atoms with Crippen LogP contribution in [0.2, 0.25) is 0 Å². The van der Waals surface area contributed by atoms with Gasteiger partial charge in [-0.2, -0.15) is 0 Å². The zero-order valence-corrected chi connectivity index (χ0v) is 19.0. The summed E-state index contributed by atoms with van der Waals surface area (Å²) in [5.74, 6) is 0.431. The summed E-state index contributed by atoms with van der Waals surface area (Å²) in [5.41, 5.74) is 11.3. The molecule has 2 nitrogen and oxygen atoms in total. The van der Waals surface area contributed by atoms with Gasteiger partial charge in [0.15, 0.2) is 0 Å². The monoisotopic (exact) mass is 438 g/mol. The minimum absolute atomic E-state index is 0.332. The number of nitrogens with zero attached hydrogens (tertiary/aromatic N) is 1. The predicted octanol–water partition coefficient (Wildman–Crippen LogP) is 7.48. The standard InChI is InChI=1S/C32H26N2/c1-2-7-20(8-3-1)21-13-16-23(17-14-21)34-28-12-6-9-22-15-18-25-31(30(22)28)29(34)19-26-24-10-4-5-11-27(24)33-32(25)26/h1-14,16,19,23-24,27,33H,15,17-18H2. The second-order valence-corrected chi connectivity index (χ2v) is 10.0. The van der Waals surface area contributed by atoms with Crippen molar-refractivity contribution in [1.29, 1.82) is 0 Å². The Morgan fingerprint density at radius 1 is 0.824 bits per heavy atom. The van der Waals surface area contributed by atoms with Crippen LogP contribution in [0.5, 0.6) is 0 Å². The number of nitrogens with one attached hydrogen (secondary N) is 1. The maximum atomic E-state index is 3.88. The Balaban J connectivity index is 1.34. The molecule has 164 valence electrons. The van der Waals surface area contributed by atoms with Crippen molar-refractivity contribution >= 4 is 33.1 Å². The Labute approximate surface area is 199 Å². The van der Waals surface area contributed by atoms with Gasteiger partial charge in [0.1, 0.15) is 0 Å². The predicted molar refractivity (Wildman–Crippen MR) is 142 cm³/mol. The number of benzene rings is 3. The summed E-state index contributed by atoms with van der Waals surface area (Å²) in [5, 5.41) is 6.85. The van der Waals surface area contributed by atoms with Crippen molar-refractivity contribution in [1.82, 2.24) is 4.57 Å². The molecule has 0 radical (unpaired) electrons. The normalized spacial score (nSPS) is 23.9. The average Bonchev–Trinajstić information content (AvgIpc) is 3.44. The minimum atomic E-state index is 0.332. The topological polar surface area (TPSA) is 17.0 Å². The van der Waals surface area contributed by atoms with E-state index < -0.39 is 0 Å². The zero-order chi connectivity index (χ0) is 22.2. The first kappa shape index (κ1) is 18.6. The molecule has 2 heterocycles. The first-order valence-electron chi connectivity index (χ1n) is 12.5. The Morgan fingerprint density at radius 2 is 1.74 bits per heavy atom. The Hall–Kier alpha value is -3.78. The third-order valence-corrected chi connectivity index (χ3v) is 8.30. The lowest BCUT2D eigenvalue weighted by Crippen LogP contribution is -2.17. The molecule has 0 bridgehead atoms. The van der Waals surface area contributed by atoms with Crippen molar-refractivity contribution < 1.29 is 0 Å². The number of hydrogen-bond acceptors (Lipinski definition) is 1. The molecule has 0 amide bonds. The van der Waals surface area contributed by atoms with E-state index in [2.05, 4.69) is 107 Å². The van der Waals surface area contributed by atoms with Gasteiger partial charge in [-0.25, -0.2) is 0 Å². The SMILES string of the molecule is C1=CC2Nc3c(cc4c5c3CCc3cccc(c35)n4C3C=CC(c4ccccc4)=CC3)C2C=C1. The zero-order valence-electron chi connectivity index (χ0n) is 19.0. The van der Waals surface area contributed by atoms with E-state index in [0.717, 1.165) is 19.3 Å². The number of fused-ring (bicyclic) bond motifs is 4. The van der Waals surface area contributed by atoms with E-state index in [0.29, 0.717) is 18.0 Å². The Morgan fingerprint density at radius 3 is 2.62 bits per heavy atom. The molecule has 1 N–H and O–H groups in total. The molecular formula is C32H26N2. The number of aryl methyl sites for hydroxylation is 2. The second kappa shape index (κ2) is 6.87. The van der Waals surface area contributed by atoms with Gasteiger partial charge in [0.2, 0.25) is 0 Å². The van der Waals surface area contributed by atoms with Crippen LogP contribution in [0.25, 0.3) is 27.4 Å². The molecule has 3 unspecified atom stereocenters. The molecular weight excluding hydrogens is 412 g/mol. The molecule has 4 aromatic rings. The summed E-state index contributed by atoms with van der Waals surface area (Å²) in [6, 6.07) is 20.9. The lowest BCUT2D eigenvalue weighted by molar-refractivity contribution is 0.649. The van der Waals surface area contributed by atoms with Gasteiger partial charge in [0, 0.05) is 27.9 Å². The second-order valence-electron chi connectivity index (χ2n) is 10.0. The fourth-order valence-electron chi connectivity index (χ4n) is 6.78.